The summed E-state index contributed by atoms with van der Waals surface area (Å²) in [6.45, 7) is 0. The first kappa shape index (κ1) is 5.86. The monoisotopic (exact) mass is 135 g/mol. The van der Waals surface area contributed by atoms with Crippen LogP contribution in [0.2, 0.25) is 0 Å². The van der Waals surface area contributed by atoms with Crippen LogP contribution < -0.4 is 0 Å². The minimum atomic E-state index is 0.260. The van der Waals surface area contributed by atoms with E-state index in [4.69, 9.17) is 4.74 Å². The van der Waals surface area contributed by atoms with E-state index in [0.717, 1.165) is 12.1 Å². The number of ether oxygens (including phenoxy) is 1. The number of fused-ring (bicyclic) bond motifs is 1. The van der Waals surface area contributed by atoms with Crippen LogP contribution in [0, 0.1) is 0 Å². The van der Waals surface area contributed by atoms with Gasteiger partial charge in [-0.05, 0) is 11.6 Å². The lowest BCUT2D eigenvalue weighted by Crippen LogP contribution is -2.19. The maximum Gasteiger partial charge on any atom is 0.103 e. The summed E-state index contributed by atoms with van der Waals surface area (Å²) in [6.07, 6.45) is 3.10. The third kappa shape index (κ3) is 0.656. The molecule has 0 amide bonds. The van der Waals surface area contributed by atoms with Crippen LogP contribution in [0.4, 0.5) is 0 Å². The quantitative estimate of drug-likeness (QED) is 0.579. The maximum absolute atomic E-state index is 5.15. The minimum absolute atomic E-state index is 0.260. The summed E-state index contributed by atoms with van der Waals surface area (Å²) < 4.78 is 5.15. The Bertz CT molecular complexity index is 247. The van der Waals surface area contributed by atoms with Crippen molar-refractivity contribution < 1.29 is 4.74 Å². The van der Waals surface area contributed by atoms with Gasteiger partial charge < -0.3 is 4.74 Å². The van der Waals surface area contributed by atoms with E-state index in [1.807, 2.05) is 12.3 Å². The lowest BCUT2D eigenvalue weighted by atomic mass is 9.91. The SMILES string of the molecule is COC1Cc2cccnc21. The van der Waals surface area contributed by atoms with E-state index in [-0.39, 0.29) is 6.10 Å². The van der Waals surface area contributed by atoms with Crippen molar-refractivity contribution in [3.63, 3.8) is 0 Å². The summed E-state index contributed by atoms with van der Waals surface area (Å²) in [5, 5.41) is 0. The van der Waals surface area contributed by atoms with Crippen LogP contribution in [-0.2, 0) is 11.2 Å². The third-order valence-corrected chi connectivity index (χ3v) is 1.92. The van der Waals surface area contributed by atoms with Crippen LogP contribution in [0.15, 0.2) is 18.3 Å². The van der Waals surface area contributed by atoms with Gasteiger partial charge in [0, 0.05) is 19.7 Å². The molecule has 2 heteroatoms. The number of aromatic nitrogens is 1. The molecule has 1 aliphatic carbocycles. The summed E-state index contributed by atoms with van der Waals surface area (Å²) in [5.74, 6) is 0. The van der Waals surface area contributed by atoms with E-state index in [1.54, 1.807) is 7.11 Å². The predicted octanol–water partition coefficient (Wildman–Crippen LogP) is 1.33. The van der Waals surface area contributed by atoms with Crippen molar-refractivity contribution in [2.24, 2.45) is 0 Å². The molecule has 10 heavy (non-hydrogen) atoms. The molecule has 0 N–H and O–H groups in total. The molecule has 0 fully saturated rings. The van der Waals surface area contributed by atoms with Crippen LogP contribution in [-0.4, -0.2) is 12.1 Å². The maximum atomic E-state index is 5.15. The Labute approximate surface area is 59.9 Å². The molecule has 0 saturated heterocycles. The van der Waals surface area contributed by atoms with E-state index in [2.05, 4.69) is 11.1 Å². The van der Waals surface area contributed by atoms with Gasteiger partial charge in [0.05, 0.1) is 5.69 Å². The smallest absolute Gasteiger partial charge is 0.103 e. The van der Waals surface area contributed by atoms with Gasteiger partial charge >= 0.3 is 0 Å². The van der Waals surface area contributed by atoms with Crippen molar-refractivity contribution in [2.45, 2.75) is 12.5 Å². The average molecular weight is 135 g/mol. The van der Waals surface area contributed by atoms with Gasteiger partial charge in [0.1, 0.15) is 6.10 Å². The number of hydrogen-bond acceptors (Lipinski definition) is 2. The van der Waals surface area contributed by atoms with Crippen molar-refractivity contribution in [2.75, 3.05) is 7.11 Å². The molecular weight excluding hydrogens is 126 g/mol. The molecule has 1 aliphatic rings. The van der Waals surface area contributed by atoms with E-state index >= 15 is 0 Å². The lowest BCUT2D eigenvalue weighted by Gasteiger charge is -2.26. The van der Waals surface area contributed by atoms with Gasteiger partial charge in [-0.3, -0.25) is 4.98 Å². The van der Waals surface area contributed by atoms with Crippen LogP contribution in [0.25, 0.3) is 0 Å². The molecular formula is C8H9NO. The Morgan fingerprint density at radius 3 is 3.30 bits per heavy atom. The third-order valence-electron chi connectivity index (χ3n) is 1.92. The van der Waals surface area contributed by atoms with Gasteiger partial charge in [-0.15, -0.1) is 0 Å². The Hall–Kier alpha value is -0.890. The molecule has 1 atom stereocenters. The molecule has 0 spiro atoms. The molecule has 1 aromatic rings. The van der Waals surface area contributed by atoms with Gasteiger partial charge in [-0.25, -0.2) is 0 Å². The lowest BCUT2D eigenvalue weighted by molar-refractivity contribution is 0.0799. The second-order valence-corrected chi connectivity index (χ2v) is 2.48. The van der Waals surface area contributed by atoms with Crippen molar-refractivity contribution in [3.05, 3.63) is 29.6 Å². The molecule has 0 aliphatic heterocycles. The highest BCUT2D eigenvalue weighted by molar-refractivity contribution is 5.31. The number of hydrogen-bond donors (Lipinski definition) is 0. The molecule has 0 saturated carbocycles. The fraction of sp³-hybridized carbons (Fsp3) is 0.375. The minimum Gasteiger partial charge on any atom is -0.375 e. The standard InChI is InChI=1S/C8H9NO/c1-10-7-5-6-3-2-4-9-8(6)7/h2-4,7H,5H2,1H3. The van der Waals surface area contributed by atoms with Crippen LogP contribution in [0.1, 0.15) is 17.4 Å². The fourth-order valence-electron chi connectivity index (χ4n) is 1.27. The first-order valence-electron chi connectivity index (χ1n) is 3.38. The van der Waals surface area contributed by atoms with Crippen molar-refractivity contribution in [1.82, 2.24) is 4.98 Å². The van der Waals surface area contributed by atoms with E-state index in [1.165, 1.54) is 5.56 Å². The topological polar surface area (TPSA) is 22.1 Å². The predicted molar refractivity (Wildman–Crippen MR) is 37.7 cm³/mol. The van der Waals surface area contributed by atoms with E-state index < -0.39 is 0 Å². The molecule has 1 aromatic heterocycles. The summed E-state index contributed by atoms with van der Waals surface area (Å²) in [7, 11) is 1.72. The summed E-state index contributed by atoms with van der Waals surface area (Å²) in [4.78, 5) is 4.19. The Balaban J connectivity index is 2.34. The van der Waals surface area contributed by atoms with Gasteiger partial charge in [-0.1, -0.05) is 6.07 Å². The zero-order valence-electron chi connectivity index (χ0n) is 5.87. The first-order valence-corrected chi connectivity index (χ1v) is 3.38. The van der Waals surface area contributed by atoms with Crippen molar-refractivity contribution in [1.29, 1.82) is 0 Å². The van der Waals surface area contributed by atoms with Crippen LogP contribution in [0.5, 0.6) is 0 Å². The van der Waals surface area contributed by atoms with E-state index in [0.29, 0.717) is 0 Å². The Morgan fingerprint density at radius 1 is 1.70 bits per heavy atom. The second-order valence-electron chi connectivity index (χ2n) is 2.48. The number of rotatable bonds is 1. The first-order chi connectivity index (χ1) is 4.92. The summed E-state index contributed by atoms with van der Waals surface area (Å²) in [6, 6.07) is 4.06. The second kappa shape index (κ2) is 2.06. The zero-order valence-corrected chi connectivity index (χ0v) is 5.87. The highest BCUT2D eigenvalue weighted by Gasteiger charge is 2.26. The number of methoxy groups -OCH3 is 1. The molecule has 2 nitrogen and oxygen atoms in total. The molecule has 0 radical (unpaired) electrons. The van der Waals surface area contributed by atoms with Crippen LogP contribution >= 0.6 is 0 Å². The van der Waals surface area contributed by atoms with E-state index in [9.17, 15) is 0 Å². The zero-order chi connectivity index (χ0) is 6.97. The van der Waals surface area contributed by atoms with Gasteiger partial charge in [-0.2, -0.15) is 0 Å². The highest BCUT2D eigenvalue weighted by Crippen LogP contribution is 2.32. The number of pyridine rings is 1. The fourth-order valence-corrected chi connectivity index (χ4v) is 1.27. The van der Waals surface area contributed by atoms with Gasteiger partial charge in [0.25, 0.3) is 0 Å². The molecule has 0 bridgehead atoms. The van der Waals surface area contributed by atoms with Gasteiger partial charge in [0.2, 0.25) is 0 Å². The number of nitrogens with zero attached hydrogens (tertiary/aromatic N) is 1. The molecule has 2 rings (SSSR count). The molecule has 1 unspecified atom stereocenters. The van der Waals surface area contributed by atoms with Gasteiger partial charge in [0.15, 0.2) is 0 Å². The van der Waals surface area contributed by atoms with Crippen LogP contribution in [0.3, 0.4) is 0 Å². The average Bonchev–Trinajstić information content (AvgIpc) is 1.92. The normalized spacial score (nSPS) is 21.5. The summed E-state index contributed by atoms with van der Waals surface area (Å²) in [5.41, 5.74) is 2.44. The Morgan fingerprint density at radius 2 is 2.60 bits per heavy atom. The summed E-state index contributed by atoms with van der Waals surface area (Å²) >= 11 is 0. The largest absolute Gasteiger partial charge is 0.375 e. The molecule has 52 valence electrons. The Kier molecular flexibility index (Phi) is 1.21. The highest BCUT2D eigenvalue weighted by atomic mass is 16.5. The van der Waals surface area contributed by atoms with Crippen molar-refractivity contribution >= 4 is 0 Å². The molecule has 1 heterocycles. The molecule has 0 aromatic carbocycles. The van der Waals surface area contributed by atoms with Crippen molar-refractivity contribution in [3.8, 4) is 0 Å².